The van der Waals surface area contributed by atoms with Crippen LogP contribution < -0.4 is 11.1 Å². The van der Waals surface area contributed by atoms with Crippen molar-refractivity contribution in [2.75, 3.05) is 23.1 Å². The van der Waals surface area contributed by atoms with E-state index < -0.39 is 0 Å². The first kappa shape index (κ1) is 14.0. The van der Waals surface area contributed by atoms with Crippen molar-refractivity contribution in [1.29, 1.82) is 0 Å². The number of aryl methyl sites for hydroxylation is 1. The van der Waals surface area contributed by atoms with E-state index in [-0.39, 0.29) is 0 Å². The Balaban J connectivity index is 2.33. The first-order valence-corrected chi connectivity index (χ1v) is 7.92. The van der Waals surface area contributed by atoms with Gasteiger partial charge in [-0.05, 0) is 56.5 Å². The Hall–Kier alpha value is -1.42. The maximum absolute atomic E-state index is 5.88. The molecule has 2 aromatic rings. The van der Waals surface area contributed by atoms with E-state index in [1.54, 1.807) is 0 Å². The molecule has 0 saturated carbocycles. The zero-order valence-corrected chi connectivity index (χ0v) is 12.6. The van der Waals surface area contributed by atoms with Crippen molar-refractivity contribution in [1.82, 2.24) is 4.98 Å². The second-order valence-electron chi connectivity index (χ2n) is 4.91. The summed E-state index contributed by atoms with van der Waals surface area (Å²) < 4.78 is 0. The van der Waals surface area contributed by atoms with Crippen molar-refractivity contribution in [3.05, 3.63) is 30.0 Å². The molecule has 0 bridgehead atoms. The van der Waals surface area contributed by atoms with Crippen LogP contribution in [0.5, 0.6) is 0 Å². The van der Waals surface area contributed by atoms with Crippen LogP contribution in [0.2, 0.25) is 0 Å². The van der Waals surface area contributed by atoms with E-state index in [4.69, 9.17) is 5.73 Å². The molecule has 1 unspecified atom stereocenters. The van der Waals surface area contributed by atoms with Crippen LogP contribution in [0, 0.1) is 6.92 Å². The topological polar surface area (TPSA) is 50.9 Å². The van der Waals surface area contributed by atoms with Crippen LogP contribution in [0.15, 0.2) is 24.3 Å². The summed E-state index contributed by atoms with van der Waals surface area (Å²) in [4.78, 5) is 4.55. The summed E-state index contributed by atoms with van der Waals surface area (Å²) in [5, 5.41) is 4.68. The molecule has 0 saturated heterocycles. The molecular weight excluding hydrogens is 254 g/mol. The van der Waals surface area contributed by atoms with Gasteiger partial charge in [0, 0.05) is 28.5 Å². The van der Waals surface area contributed by atoms with Gasteiger partial charge in [-0.25, -0.2) is 0 Å². The van der Waals surface area contributed by atoms with Crippen molar-refractivity contribution in [2.45, 2.75) is 26.3 Å². The van der Waals surface area contributed by atoms with Crippen LogP contribution in [-0.4, -0.2) is 23.0 Å². The molecule has 3 nitrogen and oxygen atoms in total. The third kappa shape index (κ3) is 3.53. The lowest BCUT2D eigenvalue weighted by Gasteiger charge is -2.17. The molecule has 1 aromatic heterocycles. The first-order chi connectivity index (χ1) is 9.10. The minimum Gasteiger partial charge on any atom is -0.399 e. The van der Waals surface area contributed by atoms with Gasteiger partial charge in [0.1, 0.15) is 0 Å². The number of fused-ring (bicyclic) bond motifs is 1. The molecule has 4 heteroatoms. The largest absolute Gasteiger partial charge is 0.399 e. The van der Waals surface area contributed by atoms with Gasteiger partial charge in [-0.3, -0.25) is 4.98 Å². The summed E-state index contributed by atoms with van der Waals surface area (Å²) in [6.45, 7) is 4.23. The predicted molar refractivity (Wildman–Crippen MR) is 87.0 cm³/mol. The number of rotatable bonds is 5. The van der Waals surface area contributed by atoms with Gasteiger partial charge in [0.15, 0.2) is 0 Å². The summed E-state index contributed by atoms with van der Waals surface area (Å²) >= 11 is 1.88. The number of nitrogens with one attached hydrogen (secondary N) is 1. The number of nitrogens with two attached hydrogens (primary N) is 1. The molecule has 1 aromatic carbocycles. The zero-order chi connectivity index (χ0) is 13.8. The van der Waals surface area contributed by atoms with Gasteiger partial charge >= 0.3 is 0 Å². The number of nitrogen functional groups attached to an aromatic ring is 1. The van der Waals surface area contributed by atoms with E-state index in [9.17, 15) is 0 Å². The normalized spacial score (nSPS) is 12.6. The highest BCUT2D eigenvalue weighted by molar-refractivity contribution is 7.98. The molecule has 19 heavy (non-hydrogen) atoms. The fraction of sp³-hybridized carbons (Fsp3) is 0.400. The van der Waals surface area contributed by atoms with Crippen LogP contribution >= 0.6 is 11.8 Å². The molecule has 3 N–H and O–H groups in total. The Kier molecular flexibility index (Phi) is 4.53. The molecule has 0 amide bonds. The smallest absolute Gasteiger partial charge is 0.0727 e. The summed E-state index contributed by atoms with van der Waals surface area (Å²) in [6.07, 6.45) is 3.28. The molecule has 0 spiro atoms. The molecule has 2 rings (SSSR count). The molecule has 1 heterocycles. The van der Waals surface area contributed by atoms with Crippen molar-refractivity contribution >= 4 is 34.0 Å². The minimum absolute atomic E-state index is 0.443. The average molecular weight is 275 g/mol. The van der Waals surface area contributed by atoms with Crippen LogP contribution in [0.3, 0.4) is 0 Å². The maximum atomic E-state index is 5.88. The van der Waals surface area contributed by atoms with E-state index in [0.29, 0.717) is 6.04 Å². The monoisotopic (exact) mass is 275 g/mol. The maximum Gasteiger partial charge on any atom is 0.0727 e. The molecule has 0 radical (unpaired) electrons. The zero-order valence-electron chi connectivity index (χ0n) is 11.7. The Morgan fingerprint density at radius 2 is 2.16 bits per heavy atom. The average Bonchev–Trinajstić information content (AvgIpc) is 2.37. The number of thioether (sulfide) groups is 1. The molecule has 1 atom stereocenters. The number of aromatic nitrogens is 1. The van der Waals surface area contributed by atoms with Crippen molar-refractivity contribution in [2.24, 2.45) is 0 Å². The summed E-state index contributed by atoms with van der Waals surface area (Å²) in [5.74, 6) is 1.16. The fourth-order valence-corrected chi connectivity index (χ4v) is 2.72. The Labute approximate surface area is 119 Å². The van der Waals surface area contributed by atoms with Gasteiger partial charge in [-0.2, -0.15) is 11.8 Å². The minimum atomic E-state index is 0.443. The Bertz CT molecular complexity index is 569. The summed E-state index contributed by atoms with van der Waals surface area (Å²) in [7, 11) is 0. The number of anilines is 2. The van der Waals surface area contributed by atoms with Gasteiger partial charge in [0.05, 0.1) is 5.52 Å². The van der Waals surface area contributed by atoms with Crippen molar-refractivity contribution in [3.63, 3.8) is 0 Å². The predicted octanol–water partition coefficient (Wildman–Crippen LogP) is 3.68. The second-order valence-corrected chi connectivity index (χ2v) is 5.90. The fourth-order valence-electron chi connectivity index (χ4n) is 2.13. The van der Waals surface area contributed by atoms with Crippen molar-refractivity contribution < 1.29 is 0 Å². The van der Waals surface area contributed by atoms with Gasteiger partial charge in [-0.1, -0.05) is 0 Å². The van der Waals surface area contributed by atoms with Crippen LogP contribution in [0.4, 0.5) is 11.4 Å². The van der Waals surface area contributed by atoms with Gasteiger partial charge in [0.2, 0.25) is 0 Å². The van der Waals surface area contributed by atoms with Gasteiger partial charge < -0.3 is 11.1 Å². The highest BCUT2D eigenvalue weighted by Crippen LogP contribution is 2.26. The number of benzene rings is 1. The molecule has 0 aliphatic rings. The molecular formula is C15H21N3S. The summed E-state index contributed by atoms with van der Waals surface area (Å²) in [5.41, 5.74) is 9.81. The molecule has 102 valence electrons. The number of pyridine rings is 1. The van der Waals surface area contributed by atoms with E-state index in [2.05, 4.69) is 29.5 Å². The Morgan fingerprint density at radius 1 is 1.37 bits per heavy atom. The number of hydrogen-bond donors (Lipinski definition) is 2. The third-order valence-corrected chi connectivity index (χ3v) is 3.76. The standard InChI is InChI=1S/C15H21N3S/c1-10(6-7-19-3)17-15-8-11(2)18-14-5-4-12(16)9-13(14)15/h4-5,8-10H,6-7,16H2,1-3H3,(H,17,18). The van der Waals surface area contributed by atoms with E-state index in [0.717, 1.165) is 40.1 Å². The highest BCUT2D eigenvalue weighted by atomic mass is 32.2. The molecule has 0 fully saturated rings. The molecule has 0 aliphatic carbocycles. The SMILES string of the molecule is CSCCC(C)Nc1cc(C)nc2ccc(N)cc12. The van der Waals surface area contributed by atoms with E-state index >= 15 is 0 Å². The first-order valence-electron chi connectivity index (χ1n) is 6.52. The highest BCUT2D eigenvalue weighted by Gasteiger charge is 2.07. The number of nitrogens with zero attached hydrogens (tertiary/aromatic N) is 1. The second kappa shape index (κ2) is 6.15. The quantitative estimate of drug-likeness (QED) is 0.817. The van der Waals surface area contributed by atoms with Gasteiger partial charge in [-0.15, -0.1) is 0 Å². The lowest BCUT2D eigenvalue weighted by atomic mass is 10.1. The van der Waals surface area contributed by atoms with E-state index in [1.165, 1.54) is 0 Å². The lowest BCUT2D eigenvalue weighted by molar-refractivity contribution is 0.773. The van der Waals surface area contributed by atoms with Crippen LogP contribution in [-0.2, 0) is 0 Å². The Morgan fingerprint density at radius 3 is 2.89 bits per heavy atom. The third-order valence-electron chi connectivity index (χ3n) is 3.12. The van der Waals surface area contributed by atoms with Gasteiger partial charge in [0.25, 0.3) is 0 Å². The number of hydrogen-bond acceptors (Lipinski definition) is 4. The van der Waals surface area contributed by atoms with Crippen molar-refractivity contribution in [3.8, 4) is 0 Å². The van der Waals surface area contributed by atoms with Crippen LogP contribution in [0.25, 0.3) is 10.9 Å². The lowest BCUT2D eigenvalue weighted by Crippen LogP contribution is -2.16. The van der Waals surface area contributed by atoms with Crippen LogP contribution in [0.1, 0.15) is 19.0 Å². The molecule has 0 aliphatic heterocycles. The summed E-state index contributed by atoms with van der Waals surface area (Å²) in [6, 6.07) is 8.41. The van der Waals surface area contributed by atoms with E-state index in [1.807, 2.05) is 36.9 Å².